The monoisotopic (exact) mass is 478 g/mol. The molecule has 186 valence electrons. The SMILES string of the molecule is C=C1C(=CC=C2CCC[C@@]3(C)[C@H]2C[C@H](O)[C@@H]3CC)C[C@](O)(SCC(=O)OC(C)(C)C)C[C@@H]1O. The van der Waals surface area contributed by atoms with E-state index in [1.54, 1.807) is 0 Å². The number of rotatable bonds is 5. The Balaban J connectivity index is 1.76. The number of thioether (sulfide) groups is 1. The van der Waals surface area contributed by atoms with Crippen LogP contribution in [0.2, 0.25) is 0 Å². The molecule has 0 aromatic heterocycles. The zero-order chi connectivity index (χ0) is 24.6. The average Bonchev–Trinajstić information content (AvgIpc) is 2.96. The smallest absolute Gasteiger partial charge is 0.316 e. The first-order valence-corrected chi connectivity index (χ1v) is 13.3. The van der Waals surface area contributed by atoms with Crippen LogP contribution in [-0.2, 0) is 9.53 Å². The summed E-state index contributed by atoms with van der Waals surface area (Å²) in [4.78, 5) is 10.9. The molecule has 0 amide bonds. The zero-order valence-electron chi connectivity index (χ0n) is 20.9. The van der Waals surface area contributed by atoms with E-state index in [4.69, 9.17) is 4.74 Å². The van der Waals surface area contributed by atoms with E-state index < -0.39 is 16.6 Å². The van der Waals surface area contributed by atoms with E-state index in [0.717, 1.165) is 49.4 Å². The molecule has 5 nitrogen and oxygen atoms in total. The standard InChI is InChI=1S/C27H42O5S/c1-7-20-22(28)13-21-18(9-8-12-26(20,21)6)10-11-19-14-27(31,15-23(29)17(19)2)33-16-24(30)32-25(3,4)5/h10-11,20-23,28-29,31H,2,7-9,12-16H2,1,3-6H3/t20-,21-,22-,23-,26+,27-/m0/s1. The van der Waals surface area contributed by atoms with Gasteiger partial charge in [0.2, 0.25) is 0 Å². The van der Waals surface area contributed by atoms with E-state index in [0.29, 0.717) is 23.8 Å². The minimum absolute atomic E-state index is 0.0259. The van der Waals surface area contributed by atoms with Crippen LogP contribution in [0.3, 0.4) is 0 Å². The van der Waals surface area contributed by atoms with Crippen molar-refractivity contribution in [1.29, 1.82) is 0 Å². The fourth-order valence-corrected chi connectivity index (χ4v) is 7.24. The van der Waals surface area contributed by atoms with Crippen LogP contribution in [0.5, 0.6) is 0 Å². The molecule has 0 heterocycles. The summed E-state index contributed by atoms with van der Waals surface area (Å²) >= 11 is 1.12. The van der Waals surface area contributed by atoms with Crippen molar-refractivity contribution in [3.05, 3.63) is 35.5 Å². The highest BCUT2D eigenvalue weighted by molar-refractivity contribution is 8.01. The normalized spacial score (nSPS) is 39.7. The molecule has 6 atom stereocenters. The van der Waals surface area contributed by atoms with Gasteiger partial charge in [-0.15, -0.1) is 11.8 Å². The Labute approximate surface area is 203 Å². The molecule has 0 bridgehead atoms. The van der Waals surface area contributed by atoms with Crippen molar-refractivity contribution in [1.82, 2.24) is 0 Å². The number of hydrogen-bond donors (Lipinski definition) is 3. The molecule has 0 aliphatic heterocycles. The van der Waals surface area contributed by atoms with E-state index in [1.165, 1.54) is 5.57 Å². The van der Waals surface area contributed by atoms with Crippen LogP contribution in [0.4, 0.5) is 0 Å². The molecule has 6 heteroatoms. The van der Waals surface area contributed by atoms with Gasteiger partial charge in [0.05, 0.1) is 18.0 Å². The van der Waals surface area contributed by atoms with Crippen LogP contribution < -0.4 is 0 Å². The van der Waals surface area contributed by atoms with E-state index in [9.17, 15) is 20.1 Å². The second-order valence-corrected chi connectivity index (χ2v) is 12.7. The van der Waals surface area contributed by atoms with Gasteiger partial charge in [-0.2, -0.15) is 0 Å². The number of carbonyl (C=O) groups excluding carboxylic acids is 1. The third kappa shape index (κ3) is 5.95. The molecule has 0 saturated heterocycles. The van der Waals surface area contributed by atoms with Crippen molar-refractivity contribution >= 4 is 17.7 Å². The lowest BCUT2D eigenvalue weighted by Gasteiger charge is -2.42. The Morgan fingerprint density at radius 1 is 1.30 bits per heavy atom. The van der Waals surface area contributed by atoms with Crippen molar-refractivity contribution in [2.45, 2.75) is 102 Å². The maximum absolute atomic E-state index is 12.1. The summed E-state index contributed by atoms with van der Waals surface area (Å²) in [7, 11) is 0. The van der Waals surface area contributed by atoms with E-state index >= 15 is 0 Å². The number of hydrogen-bond acceptors (Lipinski definition) is 6. The van der Waals surface area contributed by atoms with Crippen molar-refractivity contribution in [2.24, 2.45) is 17.3 Å². The topological polar surface area (TPSA) is 87.0 Å². The molecule has 0 spiro atoms. The molecule has 0 aromatic rings. The largest absolute Gasteiger partial charge is 0.459 e. The van der Waals surface area contributed by atoms with Gasteiger partial charge in [-0.1, -0.05) is 44.6 Å². The van der Waals surface area contributed by atoms with Gasteiger partial charge in [0.25, 0.3) is 0 Å². The van der Waals surface area contributed by atoms with E-state index in [2.05, 4.69) is 26.5 Å². The van der Waals surface area contributed by atoms with Crippen LogP contribution in [0.1, 0.15) is 79.6 Å². The molecular weight excluding hydrogens is 436 g/mol. The van der Waals surface area contributed by atoms with Gasteiger partial charge in [0, 0.05) is 12.8 Å². The van der Waals surface area contributed by atoms with Crippen LogP contribution >= 0.6 is 11.8 Å². The number of esters is 1. The predicted molar refractivity (Wildman–Crippen MR) is 134 cm³/mol. The second kappa shape index (κ2) is 9.88. The number of carbonyl (C=O) groups is 1. The summed E-state index contributed by atoms with van der Waals surface area (Å²) in [5, 5.41) is 32.4. The van der Waals surface area contributed by atoms with Crippen molar-refractivity contribution in [3.8, 4) is 0 Å². The molecule has 33 heavy (non-hydrogen) atoms. The molecule has 0 unspecified atom stereocenters. The van der Waals surface area contributed by atoms with E-state index in [1.807, 2.05) is 26.8 Å². The highest BCUT2D eigenvalue weighted by atomic mass is 32.2. The molecule has 3 fully saturated rings. The van der Waals surface area contributed by atoms with Gasteiger partial charge in [-0.3, -0.25) is 4.79 Å². The number of fused-ring (bicyclic) bond motifs is 1. The van der Waals surface area contributed by atoms with Gasteiger partial charge in [-0.05, 0) is 74.9 Å². The number of aliphatic hydroxyl groups excluding tert-OH is 2. The van der Waals surface area contributed by atoms with Gasteiger partial charge in [0.1, 0.15) is 10.5 Å². The van der Waals surface area contributed by atoms with Crippen molar-refractivity contribution < 1.29 is 24.9 Å². The van der Waals surface area contributed by atoms with Crippen LogP contribution in [0, 0.1) is 17.3 Å². The minimum Gasteiger partial charge on any atom is -0.459 e. The quantitative estimate of drug-likeness (QED) is 0.384. The predicted octanol–water partition coefficient (Wildman–Crippen LogP) is 4.91. The molecular formula is C27H42O5S. The summed E-state index contributed by atoms with van der Waals surface area (Å²) in [5.41, 5.74) is 2.36. The Hall–Kier alpha value is -1.08. The molecule has 3 saturated carbocycles. The average molecular weight is 479 g/mol. The summed E-state index contributed by atoms with van der Waals surface area (Å²) in [6.45, 7) is 14.0. The summed E-state index contributed by atoms with van der Waals surface area (Å²) in [6.07, 6.45) is 8.57. The summed E-state index contributed by atoms with van der Waals surface area (Å²) < 4.78 is 5.36. The molecule has 3 aliphatic carbocycles. The van der Waals surface area contributed by atoms with Gasteiger partial charge in [-0.25, -0.2) is 0 Å². The lowest BCUT2D eigenvalue weighted by molar-refractivity contribution is -0.151. The third-order valence-corrected chi connectivity index (χ3v) is 9.05. The highest BCUT2D eigenvalue weighted by Crippen LogP contribution is 2.58. The van der Waals surface area contributed by atoms with Gasteiger partial charge < -0.3 is 20.1 Å². The number of aliphatic hydroxyl groups is 3. The second-order valence-electron chi connectivity index (χ2n) is 11.4. The maximum Gasteiger partial charge on any atom is 0.316 e. The van der Waals surface area contributed by atoms with Crippen LogP contribution in [-0.4, -0.2) is 49.8 Å². The van der Waals surface area contributed by atoms with Gasteiger partial charge in [0.15, 0.2) is 0 Å². The Morgan fingerprint density at radius 3 is 2.64 bits per heavy atom. The van der Waals surface area contributed by atoms with Crippen molar-refractivity contribution in [2.75, 3.05) is 5.75 Å². The fourth-order valence-electron chi connectivity index (χ4n) is 6.26. The van der Waals surface area contributed by atoms with Gasteiger partial charge >= 0.3 is 5.97 Å². The summed E-state index contributed by atoms with van der Waals surface area (Å²) in [5.74, 6) is 0.349. The maximum atomic E-state index is 12.1. The minimum atomic E-state index is -1.25. The lowest BCUT2D eigenvalue weighted by atomic mass is 9.63. The summed E-state index contributed by atoms with van der Waals surface area (Å²) in [6, 6.07) is 0. The third-order valence-electron chi connectivity index (χ3n) is 7.82. The van der Waals surface area contributed by atoms with Crippen LogP contribution in [0.25, 0.3) is 0 Å². The van der Waals surface area contributed by atoms with Crippen LogP contribution in [0.15, 0.2) is 35.5 Å². The number of ether oxygens (including phenoxy) is 1. The van der Waals surface area contributed by atoms with E-state index in [-0.39, 0.29) is 29.7 Å². The molecule has 3 rings (SSSR count). The Kier molecular flexibility index (Phi) is 7.94. The highest BCUT2D eigenvalue weighted by Gasteiger charge is 2.52. The van der Waals surface area contributed by atoms with Crippen molar-refractivity contribution in [3.63, 3.8) is 0 Å². The number of allylic oxidation sites excluding steroid dienone is 3. The fraction of sp³-hybridized carbons (Fsp3) is 0.741. The lowest BCUT2D eigenvalue weighted by Crippen LogP contribution is -2.38. The Bertz CT molecular complexity index is 825. The molecule has 0 radical (unpaired) electrons. The Morgan fingerprint density at radius 2 is 2.00 bits per heavy atom. The first-order valence-electron chi connectivity index (χ1n) is 12.3. The molecule has 3 N–H and O–H groups in total. The zero-order valence-corrected chi connectivity index (χ0v) is 21.7. The first-order chi connectivity index (χ1) is 15.3. The molecule has 3 aliphatic rings. The molecule has 0 aromatic carbocycles. The first kappa shape index (κ1) is 26.5.